The average Bonchev–Trinajstić information content (AvgIpc) is 3.22. The van der Waals surface area contributed by atoms with Crippen LogP contribution in [-0.4, -0.2) is 28.0 Å². The molecule has 0 radical (unpaired) electrons. The molecule has 1 amide bonds. The average molecular weight is 452 g/mol. The molecule has 3 aromatic carbocycles. The molecule has 3 aromatic rings. The first-order valence-electron chi connectivity index (χ1n) is 10.3. The van der Waals surface area contributed by atoms with Gasteiger partial charge in [0.05, 0.1) is 18.5 Å². The molecular weight excluding hydrogens is 426 g/mol. The van der Waals surface area contributed by atoms with Crippen molar-refractivity contribution in [1.29, 1.82) is 0 Å². The maximum atomic E-state index is 13.4. The highest BCUT2D eigenvalue weighted by Gasteiger charge is 2.26. The van der Waals surface area contributed by atoms with Gasteiger partial charge in [0.15, 0.2) is 0 Å². The van der Waals surface area contributed by atoms with Crippen LogP contribution in [0.2, 0.25) is 0 Å². The molecule has 0 saturated carbocycles. The number of amides is 1. The third-order valence-electron chi connectivity index (χ3n) is 5.32. The predicted molar refractivity (Wildman–Crippen MR) is 126 cm³/mol. The van der Waals surface area contributed by atoms with Crippen molar-refractivity contribution in [2.45, 2.75) is 24.7 Å². The largest absolute Gasteiger partial charge is 0.495 e. The summed E-state index contributed by atoms with van der Waals surface area (Å²) in [5.41, 5.74) is 3.53. The highest BCUT2D eigenvalue weighted by molar-refractivity contribution is 7.92. The number of para-hydroxylation sites is 2. The van der Waals surface area contributed by atoms with Crippen LogP contribution in [0.5, 0.6) is 5.75 Å². The molecular formula is C24H25N3O4S. The van der Waals surface area contributed by atoms with E-state index >= 15 is 0 Å². The van der Waals surface area contributed by atoms with Gasteiger partial charge in [-0.2, -0.15) is 0 Å². The van der Waals surface area contributed by atoms with Gasteiger partial charge < -0.3 is 15.0 Å². The quantitative estimate of drug-likeness (QED) is 0.545. The van der Waals surface area contributed by atoms with E-state index in [0.29, 0.717) is 30.0 Å². The van der Waals surface area contributed by atoms with Crippen LogP contribution in [0.1, 0.15) is 18.4 Å². The SMILES string of the molecule is COc1ccc(N2CCCC2=O)cc1S(=O)(=O)Nc1ccccc1Nc1ccc(C)cc1. The number of ether oxygens (including phenoxy) is 1. The zero-order chi connectivity index (χ0) is 22.7. The number of rotatable bonds is 7. The van der Waals surface area contributed by atoms with Gasteiger partial charge in [-0.05, 0) is 55.8 Å². The molecule has 0 aliphatic carbocycles. The number of methoxy groups -OCH3 is 1. The standard InChI is InChI=1S/C24H25N3O4S/c1-17-9-11-18(12-10-17)25-20-6-3-4-7-21(20)26-32(29,30)23-16-19(13-14-22(23)31-2)27-15-5-8-24(27)28/h3-4,6-7,9-14,16,25-26H,5,8,15H2,1-2H3. The smallest absolute Gasteiger partial charge is 0.265 e. The Kier molecular flexibility index (Phi) is 6.05. The number of sulfonamides is 1. The summed E-state index contributed by atoms with van der Waals surface area (Å²) in [4.78, 5) is 13.7. The van der Waals surface area contributed by atoms with Crippen molar-refractivity contribution in [1.82, 2.24) is 0 Å². The molecule has 2 N–H and O–H groups in total. The van der Waals surface area contributed by atoms with E-state index in [1.54, 1.807) is 35.2 Å². The summed E-state index contributed by atoms with van der Waals surface area (Å²) in [7, 11) is -2.58. The molecule has 0 atom stereocenters. The fraction of sp³-hybridized carbons (Fsp3) is 0.208. The highest BCUT2D eigenvalue weighted by atomic mass is 32.2. The first-order chi connectivity index (χ1) is 15.4. The van der Waals surface area contributed by atoms with E-state index in [-0.39, 0.29) is 16.6 Å². The number of aryl methyl sites for hydroxylation is 1. The minimum absolute atomic E-state index is 0.0147. The zero-order valence-electron chi connectivity index (χ0n) is 18.0. The molecule has 0 aromatic heterocycles. The van der Waals surface area contributed by atoms with Gasteiger partial charge in [0, 0.05) is 24.3 Å². The molecule has 1 aliphatic rings. The van der Waals surface area contributed by atoms with Gasteiger partial charge in [-0.1, -0.05) is 29.8 Å². The number of hydrogen-bond donors (Lipinski definition) is 2. The van der Waals surface area contributed by atoms with E-state index in [2.05, 4.69) is 10.0 Å². The van der Waals surface area contributed by atoms with Gasteiger partial charge in [0.2, 0.25) is 5.91 Å². The van der Waals surface area contributed by atoms with Crippen molar-refractivity contribution in [3.8, 4) is 5.75 Å². The summed E-state index contributed by atoms with van der Waals surface area (Å²) in [5.74, 6) is 0.191. The second kappa shape index (κ2) is 8.92. The lowest BCUT2D eigenvalue weighted by molar-refractivity contribution is -0.117. The van der Waals surface area contributed by atoms with Crippen molar-refractivity contribution >= 4 is 38.7 Å². The van der Waals surface area contributed by atoms with E-state index < -0.39 is 10.0 Å². The van der Waals surface area contributed by atoms with E-state index in [1.165, 1.54) is 13.2 Å². The summed E-state index contributed by atoms with van der Waals surface area (Å²) in [6, 6.07) is 19.7. The van der Waals surface area contributed by atoms with Crippen molar-refractivity contribution in [3.63, 3.8) is 0 Å². The summed E-state index contributed by atoms with van der Waals surface area (Å²) < 4.78 is 34.7. The van der Waals surface area contributed by atoms with Gasteiger partial charge in [-0.15, -0.1) is 0 Å². The molecule has 166 valence electrons. The van der Waals surface area contributed by atoms with Crippen molar-refractivity contribution in [3.05, 3.63) is 72.3 Å². The van der Waals surface area contributed by atoms with E-state index in [9.17, 15) is 13.2 Å². The lowest BCUT2D eigenvalue weighted by Gasteiger charge is -2.19. The second-order valence-corrected chi connectivity index (χ2v) is 9.28. The van der Waals surface area contributed by atoms with E-state index in [0.717, 1.165) is 17.7 Å². The number of nitrogens with zero attached hydrogens (tertiary/aromatic N) is 1. The molecule has 1 heterocycles. The predicted octanol–water partition coefficient (Wildman–Crippen LogP) is 4.67. The van der Waals surface area contributed by atoms with Crippen LogP contribution in [-0.2, 0) is 14.8 Å². The fourth-order valence-electron chi connectivity index (χ4n) is 3.64. The Morgan fingerprint density at radius 2 is 1.69 bits per heavy atom. The molecule has 8 heteroatoms. The summed E-state index contributed by atoms with van der Waals surface area (Å²) in [5, 5.41) is 3.25. The Balaban J connectivity index is 1.66. The normalized spacial score (nSPS) is 13.8. The third-order valence-corrected chi connectivity index (χ3v) is 6.71. The van der Waals surface area contributed by atoms with Gasteiger partial charge in [-0.25, -0.2) is 8.42 Å². The lowest BCUT2D eigenvalue weighted by atomic mass is 10.2. The second-order valence-electron chi connectivity index (χ2n) is 7.63. The third kappa shape index (κ3) is 4.55. The first-order valence-corrected chi connectivity index (χ1v) is 11.8. The number of anilines is 4. The molecule has 0 unspecified atom stereocenters. The summed E-state index contributed by atoms with van der Waals surface area (Å²) in [6.45, 7) is 2.57. The maximum Gasteiger partial charge on any atom is 0.265 e. The van der Waals surface area contributed by atoms with Gasteiger partial charge in [-0.3, -0.25) is 9.52 Å². The molecule has 4 rings (SSSR count). The Morgan fingerprint density at radius 1 is 0.969 bits per heavy atom. The molecule has 1 saturated heterocycles. The van der Waals surface area contributed by atoms with E-state index in [1.807, 2.05) is 37.3 Å². The number of hydrogen-bond acceptors (Lipinski definition) is 5. The van der Waals surface area contributed by atoms with Crippen molar-refractivity contribution < 1.29 is 17.9 Å². The van der Waals surface area contributed by atoms with Crippen LogP contribution < -0.4 is 19.7 Å². The number of carbonyl (C=O) groups excluding carboxylic acids is 1. The van der Waals surface area contributed by atoms with Gasteiger partial charge in [0.1, 0.15) is 10.6 Å². The van der Waals surface area contributed by atoms with Crippen molar-refractivity contribution in [2.24, 2.45) is 0 Å². The first kappa shape index (κ1) is 21.7. The summed E-state index contributed by atoms with van der Waals surface area (Å²) >= 11 is 0. The number of carbonyl (C=O) groups is 1. The van der Waals surface area contributed by atoms with Crippen molar-refractivity contribution in [2.75, 3.05) is 28.6 Å². The molecule has 1 aliphatic heterocycles. The van der Waals surface area contributed by atoms with E-state index in [4.69, 9.17) is 4.74 Å². The van der Waals surface area contributed by atoms with Crippen LogP contribution >= 0.6 is 0 Å². The molecule has 1 fully saturated rings. The number of nitrogens with one attached hydrogen (secondary N) is 2. The Hall–Kier alpha value is -3.52. The topological polar surface area (TPSA) is 87.7 Å². The minimum Gasteiger partial charge on any atom is -0.495 e. The molecule has 0 bridgehead atoms. The lowest BCUT2D eigenvalue weighted by Crippen LogP contribution is -2.24. The van der Waals surface area contributed by atoms with Crippen LogP contribution in [0.15, 0.2) is 71.6 Å². The minimum atomic E-state index is -4.00. The van der Waals surface area contributed by atoms with Crippen LogP contribution in [0.25, 0.3) is 0 Å². The van der Waals surface area contributed by atoms with Crippen LogP contribution in [0.3, 0.4) is 0 Å². The Morgan fingerprint density at radius 3 is 2.34 bits per heavy atom. The summed E-state index contributed by atoms with van der Waals surface area (Å²) in [6.07, 6.45) is 1.22. The van der Waals surface area contributed by atoms with Gasteiger partial charge in [0.25, 0.3) is 10.0 Å². The van der Waals surface area contributed by atoms with Crippen LogP contribution in [0, 0.1) is 6.92 Å². The van der Waals surface area contributed by atoms with Crippen LogP contribution in [0.4, 0.5) is 22.7 Å². The Labute approximate surface area is 188 Å². The molecule has 32 heavy (non-hydrogen) atoms. The Bertz CT molecular complexity index is 1240. The highest BCUT2D eigenvalue weighted by Crippen LogP contribution is 2.34. The zero-order valence-corrected chi connectivity index (χ0v) is 18.8. The monoisotopic (exact) mass is 451 g/mol. The van der Waals surface area contributed by atoms with Gasteiger partial charge >= 0.3 is 0 Å². The fourth-order valence-corrected chi connectivity index (χ4v) is 4.91. The molecule has 7 nitrogen and oxygen atoms in total. The number of benzene rings is 3. The molecule has 0 spiro atoms. The maximum absolute atomic E-state index is 13.4.